The summed E-state index contributed by atoms with van der Waals surface area (Å²) in [6.07, 6.45) is 8.26. The molecule has 1 fully saturated rings. The number of esters is 1. The summed E-state index contributed by atoms with van der Waals surface area (Å²) in [6.45, 7) is 4.18. The first-order valence-corrected chi connectivity index (χ1v) is 16.1. The van der Waals surface area contributed by atoms with Crippen molar-refractivity contribution in [2.24, 2.45) is 0 Å². The van der Waals surface area contributed by atoms with E-state index < -0.39 is 5.25 Å². The van der Waals surface area contributed by atoms with Crippen LogP contribution in [0.2, 0.25) is 0 Å². The van der Waals surface area contributed by atoms with Crippen molar-refractivity contribution < 1.29 is 19.1 Å². The number of nitrogens with one attached hydrogen (secondary N) is 2. The largest absolute Gasteiger partial charge is 0.462 e. The lowest BCUT2D eigenvalue weighted by atomic mass is 9.95. The number of anilines is 1. The van der Waals surface area contributed by atoms with Crippen LogP contribution in [0.25, 0.3) is 0 Å². The molecule has 0 unspecified atom stereocenters. The summed E-state index contributed by atoms with van der Waals surface area (Å²) in [5.74, 6) is -0.0124. The van der Waals surface area contributed by atoms with Gasteiger partial charge in [0.25, 0.3) is 5.91 Å². The summed E-state index contributed by atoms with van der Waals surface area (Å²) in [6, 6.07) is 3.88. The van der Waals surface area contributed by atoms with Crippen LogP contribution in [0, 0.1) is 0 Å². The number of carbonyl (C=O) groups is 3. The Kier molecular flexibility index (Phi) is 9.03. The van der Waals surface area contributed by atoms with Crippen LogP contribution in [-0.4, -0.2) is 44.4 Å². The van der Waals surface area contributed by atoms with E-state index in [1.165, 1.54) is 40.9 Å². The van der Waals surface area contributed by atoms with Gasteiger partial charge in [0.15, 0.2) is 11.0 Å². The Morgan fingerprint density at radius 1 is 1.18 bits per heavy atom. The highest BCUT2D eigenvalue weighted by atomic mass is 32.2. The van der Waals surface area contributed by atoms with Crippen molar-refractivity contribution in [3.8, 4) is 0 Å². The average Bonchev–Trinajstić information content (AvgIpc) is 3.73. The van der Waals surface area contributed by atoms with E-state index in [-0.39, 0.29) is 37.0 Å². The molecule has 0 aromatic carbocycles. The molecule has 2 aliphatic carbocycles. The predicted octanol–water partition coefficient (Wildman–Crippen LogP) is 5.62. The highest BCUT2D eigenvalue weighted by Crippen LogP contribution is 2.40. The number of hydrogen-bond donors (Lipinski definition) is 2. The third-order valence-corrected chi connectivity index (χ3v) is 10.2. The van der Waals surface area contributed by atoms with E-state index in [2.05, 4.69) is 25.4 Å². The fourth-order valence-electron chi connectivity index (χ4n) is 5.21. The van der Waals surface area contributed by atoms with Gasteiger partial charge in [-0.25, -0.2) is 4.79 Å². The number of aryl methyl sites for hydroxylation is 1. The first-order valence-electron chi connectivity index (χ1n) is 13.5. The Bertz CT molecular complexity index is 1330. The lowest BCUT2D eigenvalue weighted by Gasteiger charge is -2.26. The van der Waals surface area contributed by atoms with E-state index in [0.717, 1.165) is 55.4 Å². The summed E-state index contributed by atoms with van der Waals surface area (Å²) >= 11 is 4.23. The smallest absolute Gasteiger partial charge is 0.341 e. The molecule has 0 saturated heterocycles. The number of rotatable bonds is 10. The molecule has 0 aliphatic heterocycles. The van der Waals surface area contributed by atoms with Crippen molar-refractivity contribution in [2.75, 3.05) is 11.9 Å². The predicted molar refractivity (Wildman–Crippen MR) is 154 cm³/mol. The number of nitrogens with zero attached hydrogens (tertiary/aromatic N) is 3. The number of ether oxygens (including phenoxy) is 1. The van der Waals surface area contributed by atoms with Gasteiger partial charge in [-0.1, -0.05) is 37.1 Å². The molecule has 1 saturated carbocycles. The van der Waals surface area contributed by atoms with Gasteiger partial charge < -0.3 is 19.9 Å². The second-order valence-electron chi connectivity index (χ2n) is 9.75. The number of amides is 2. The number of carbonyl (C=O) groups excluding carboxylic acids is 3. The molecule has 0 radical (unpaired) electrons. The summed E-state index contributed by atoms with van der Waals surface area (Å²) in [7, 11) is 0. The Hall–Kier alpha value is -2.70. The van der Waals surface area contributed by atoms with Gasteiger partial charge in [0.05, 0.1) is 28.8 Å². The molecule has 39 heavy (non-hydrogen) atoms. The third-order valence-electron chi connectivity index (χ3n) is 7.12. The van der Waals surface area contributed by atoms with Crippen LogP contribution >= 0.6 is 34.4 Å². The van der Waals surface area contributed by atoms with Crippen LogP contribution in [-0.2, 0) is 28.9 Å². The number of thiophene rings is 2. The third kappa shape index (κ3) is 6.22. The Balaban J connectivity index is 1.31. The van der Waals surface area contributed by atoms with Gasteiger partial charge in [0.1, 0.15) is 5.00 Å². The molecule has 3 heterocycles. The van der Waals surface area contributed by atoms with Crippen LogP contribution in [0.1, 0.15) is 94.7 Å². The first kappa shape index (κ1) is 27.9. The van der Waals surface area contributed by atoms with Crippen LogP contribution in [0.15, 0.2) is 22.7 Å². The van der Waals surface area contributed by atoms with Crippen molar-refractivity contribution in [1.82, 2.24) is 20.1 Å². The van der Waals surface area contributed by atoms with Gasteiger partial charge in [-0.2, -0.15) is 0 Å². The quantitative estimate of drug-likeness (QED) is 0.234. The standard InChI is InChI=1S/C27H33N5O4S3/c1-3-36-26(35)22-18-11-7-12-19(18)39-25(22)29-23(33)16(2)38-27-31-30-21(32(27)17-9-5-4-6-10-17)15-28-24(34)20-13-8-14-37-20/h8,13-14,16-17H,3-7,9-12,15H2,1-2H3,(H,28,34)(H,29,33)/t16-/m1/s1. The van der Waals surface area contributed by atoms with Crippen LogP contribution in [0.4, 0.5) is 5.00 Å². The van der Waals surface area contributed by atoms with Gasteiger partial charge in [-0.15, -0.1) is 32.9 Å². The minimum absolute atomic E-state index is 0.134. The molecule has 1 atom stereocenters. The van der Waals surface area contributed by atoms with E-state index in [9.17, 15) is 14.4 Å². The molecule has 9 nitrogen and oxygen atoms in total. The zero-order valence-corrected chi connectivity index (χ0v) is 24.6. The fourth-order valence-corrected chi connectivity index (χ4v) is 8.06. The van der Waals surface area contributed by atoms with E-state index in [1.807, 2.05) is 18.4 Å². The zero-order valence-electron chi connectivity index (χ0n) is 22.2. The first-order chi connectivity index (χ1) is 19.0. The second-order valence-corrected chi connectivity index (χ2v) is 13.1. The number of aromatic nitrogens is 3. The summed E-state index contributed by atoms with van der Waals surface area (Å²) in [5.41, 5.74) is 1.52. The maximum Gasteiger partial charge on any atom is 0.341 e. The van der Waals surface area contributed by atoms with Crippen LogP contribution < -0.4 is 10.6 Å². The molecular weight excluding hydrogens is 555 g/mol. The maximum atomic E-state index is 13.3. The van der Waals surface area contributed by atoms with Gasteiger partial charge in [-0.3, -0.25) is 9.59 Å². The molecule has 2 amide bonds. The Labute approximate surface area is 240 Å². The average molecular weight is 588 g/mol. The van der Waals surface area contributed by atoms with E-state index in [1.54, 1.807) is 13.0 Å². The molecule has 0 bridgehead atoms. The molecule has 12 heteroatoms. The highest BCUT2D eigenvalue weighted by molar-refractivity contribution is 8.00. The number of hydrogen-bond acceptors (Lipinski definition) is 9. The van der Waals surface area contributed by atoms with Crippen molar-refractivity contribution >= 4 is 57.2 Å². The highest BCUT2D eigenvalue weighted by Gasteiger charge is 2.30. The lowest BCUT2D eigenvalue weighted by molar-refractivity contribution is -0.115. The molecule has 5 rings (SSSR count). The molecule has 3 aromatic heterocycles. The van der Waals surface area contributed by atoms with Gasteiger partial charge in [0, 0.05) is 10.9 Å². The summed E-state index contributed by atoms with van der Waals surface area (Å²) in [5, 5.41) is 17.5. The van der Waals surface area contributed by atoms with E-state index in [4.69, 9.17) is 4.74 Å². The SMILES string of the molecule is CCOC(=O)c1c(NC(=O)[C@@H](C)Sc2nnc(CNC(=O)c3cccs3)n2C2CCCCC2)sc2c1CCC2. The Morgan fingerprint density at radius 3 is 2.74 bits per heavy atom. The van der Waals surface area contributed by atoms with E-state index >= 15 is 0 Å². The minimum atomic E-state index is -0.475. The molecule has 0 spiro atoms. The van der Waals surface area contributed by atoms with Crippen LogP contribution in [0.5, 0.6) is 0 Å². The topological polar surface area (TPSA) is 115 Å². The molecular formula is C27H33N5O4S3. The zero-order chi connectivity index (χ0) is 27.4. The number of thioether (sulfide) groups is 1. The summed E-state index contributed by atoms with van der Waals surface area (Å²) < 4.78 is 7.42. The fraction of sp³-hybridized carbons (Fsp3) is 0.519. The van der Waals surface area contributed by atoms with Crippen LogP contribution in [0.3, 0.4) is 0 Å². The van der Waals surface area contributed by atoms with E-state index in [0.29, 0.717) is 26.4 Å². The van der Waals surface area contributed by atoms with Crippen molar-refractivity contribution in [2.45, 2.75) is 88.2 Å². The van der Waals surface area contributed by atoms with Gasteiger partial charge >= 0.3 is 5.97 Å². The second kappa shape index (κ2) is 12.6. The van der Waals surface area contributed by atoms with Crippen molar-refractivity contribution in [1.29, 1.82) is 0 Å². The normalized spacial score (nSPS) is 16.1. The van der Waals surface area contributed by atoms with Crippen molar-refractivity contribution in [3.63, 3.8) is 0 Å². The molecule has 3 aromatic rings. The monoisotopic (exact) mass is 587 g/mol. The molecule has 208 valence electrons. The minimum Gasteiger partial charge on any atom is -0.462 e. The van der Waals surface area contributed by atoms with Gasteiger partial charge in [-0.05, 0) is 63.0 Å². The summed E-state index contributed by atoms with van der Waals surface area (Å²) in [4.78, 5) is 40.4. The lowest BCUT2D eigenvalue weighted by Crippen LogP contribution is -2.26. The molecule has 2 aliphatic rings. The van der Waals surface area contributed by atoms with Crippen molar-refractivity contribution in [3.05, 3.63) is 44.2 Å². The molecule has 2 N–H and O–H groups in total. The van der Waals surface area contributed by atoms with Gasteiger partial charge in [0.2, 0.25) is 5.91 Å². The number of fused-ring (bicyclic) bond motifs is 1. The Morgan fingerprint density at radius 2 is 2.00 bits per heavy atom. The maximum absolute atomic E-state index is 13.3.